The molecule has 1 unspecified atom stereocenters. The smallest absolute Gasteiger partial charge is 0.329 e. The Morgan fingerprint density at radius 3 is 2.54 bits per heavy atom. The van der Waals surface area contributed by atoms with Crippen LogP contribution in [0, 0.1) is 11.6 Å². The number of fused-ring (bicyclic) bond motifs is 1. The van der Waals surface area contributed by atoms with Crippen LogP contribution in [-0.4, -0.2) is 36.5 Å². The van der Waals surface area contributed by atoms with Gasteiger partial charge in [0.05, 0.1) is 30.8 Å². The molecule has 2 atom stereocenters. The fraction of sp³-hybridized carbons (Fsp3) is 0.350. The van der Waals surface area contributed by atoms with Crippen molar-refractivity contribution in [3.63, 3.8) is 0 Å². The first-order valence-corrected chi connectivity index (χ1v) is 9.91. The van der Waals surface area contributed by atoms with Crippen molar-refractivity contribution in [2.45, 2.75) is 24.9 Å². The van der Waals surface area contributed by atoms with Crippen molar-refractivity contribution in [3.05, 3.63) is 59.2 Å². The number of hydrogen-bond acceptors (Lipinski definition) is 4. The molecule has 0 saturated carbocycles. The highest BCUT2D eigenvalue weighted by Crippen LogP contribution is 2.40. The molecule has 2 aromatic carbocycles. The van der Waals surface area contributed by atoms with E-state index in [1.165, 1.54) is 23.3 Å². The molecule has 1 aliphatic heterocycles. The molecule has 0 spiro atoms. The van der Waals surface area contributed by atoms with Crippen LogP contribution in [-0.2, 0) is 11.3 Å². The summed E-state index contributed by atoms with van der Waals surface area (Å²) in [4.78, 5) is 17.7. The number of nitrogens with zero attached hydrogens (tertiary/aromatic N) is 1. The molecule has 1 heterocycles. The van der Waals surface area contributed by atoms with E-state index in [0.717, 1.165) is 17.5 Å². The van der Waals surface area contributed by atoms with Crippen LogP contribution in [0.25, 0.3) is 11.1 Å². The molecule has 0 radical (unpaired) electrons. The second-order valence-corrected chi connectivity index (χ2v) is 6.63. The molecule has 8 heteroatoms. The number of nitrogens with two attached hydrogens (primary N) is 1. The lowest BCUT2D eigenvalue weighted by Gasteiger charge is -2.21. The Morgan fingerprint density at radius 1 is 1.21 bits per heavy atom. The number of aryl methyl sites for hydroxylation is 1. The Morgan fingerprint density at radius 2 is 1.89 bits per heavy atom. The van der Waals surface area contributed by atoms with Gasteiger partial charge >= 0.3 is 6.03 Å². The molecule has 0 bridgehead atoms. The van der Waals surface area contributed by atoms with Gasteiger partial charge in [0.1, 0.15) is 11.6 Å². The van der Waals surface area contributed by atoms with Crippen LogP contribution in [0.1, 0.15) is 23.6 Å². The van der Waals surface area contributed by atoms with Gasteiger partial charge in [-0.2, -0.15) is 12.6 Å². The van der Waals surface area contributed by atoms with Gasteiger partial charge < -0.3 is 11.1 Å². The Hall–Kier alpha value is -2.16. The standard InChI is InChI=1S/C19H19F2N3O2.CH4S/c20-14-5-2-6-15(21)18(14)13-4-1-3-11-7-8-16(17(11)13)23-19(25)24-9-12(22)10-26-24;1-2/h1-6,12,16H,7-10,22H2,(H,23,25);2H,1H3/t12-,16?;/m1./s1. The van der Waals surface area contributed by atoms with Crippen molar-refractivity contribution in [3.8, 4) is 11.1 Å². The van der Waals surface area contributed by atoms with Crippen molar-refractivity contribution in [1.82, 2.24) is 10.4 Å². The van der Waals surface area contributed by atoms with E-state index in [0.29, 0.717) is 25.1 Å². The first-order valence-electron chi connectivity index (χ1n) is 9.02. The number of benzene rings is 2. The summed E-state index contributed by atoms with van der Waals surface area (Å²) >= 11 is 3.53. The van der Waals surface area contributed by atoms with Gasteiger partial charge in [0.15, 0.2) is 0 Å². The highest BCUT2D eigenvalue weighted by atomic mass is 32.1. The third kappa shape index (κ3) is 3.99. The maximum Gasteiger partial charge on any atom is 0.341 e. The molecule has 0 aromatic heterocycles. The van der Waals surface area contributed by atoms with E-state index in [2.05, 4.69) is 17.9 Å². The third-order valence-corrected chi connectivity index (χ3v) is 4.85. The van der Waals surface area contributed by atoms with Crippen molar-refractivity contribution in [2.24, 2.45) is 5.73 Å². The monoisotopic (exact) mass is 407 g/mol. The minimum atomic E-state index is -0.621. The molecule has 28 heavy (non-hydrogen) atoms. The molecule has 2 amide bonds. The Balaban J connectivity index is 0.00000109. The summed E-state index contributed by atoms with van der Waals surface area (Å²) in [5, 5.41) is 4.11. The average Bonchev–Trinajstić information content (AvgIpc) is 3.30. The van der Waals surface area contributed by atoms with Crippen molar-refractivity contribution in [2.75, 3.05) is 19.4 Å². The lowest BCUT2D eigenvalue weighted by atomic mass is 9.94. The Labute approximate surface area is 168 Å². The fourth-order valence-electron chi connectivity index (χ4n) is 3.67. The van der Waals surface area contributed by atoms with E-state index in [4.69, 9.17) is 10.6 Å². The predicted molar refractivity (Wildman–Crippen MR) is 107 cm³/mol. The van der Waals surface area contributed by atoms with Gasteiger partial charge in [0, 0.05) is 0 Å². The molecule has 1 saturated heterocycles. The van der Waals surface area contributed by atoms with E-state index >= 15 is 0 Å². The number of hydroxylamine groups is 2. The zero-order valence-corrected chi connectivity index (χ0v) is 16.4. The van der Waals surface area contributed by atoms with Gasteiger partial charge in [0.2, 0.25) is 0 Å². The number of thiol groups is 1. The van der Waals surface area contributed by atoms with Gasteiger partial charge in [-0.15, -0.1) is 0 Å². The van der Waals surface area contributed by atoms with Crippen LogP contribution in [0.2, 0.25) is 0 Å². The summed E-state index contributed by atoms with van der Waals surface area (Å²) in [5.41, 5.74) is 7.90. The number of halogens is 2. The number of urea groups is 1. The number of amides is 2. The number of nitrogens with one attached hydrogen (secondary N) is 1. The third-order valence-electron chi connectivity index (χ3n) is 4.85. The zero-order valence-electron chi connectivity index (χ0n) is 15.5. The molecule has 2 aromatic rings. The summed E-state index contributed by atoms with van der Waals surface area (Å²) in [5.74, 6) is -1.24. The quantitative estimate of drug-likeness (QED) is 0.668. The van der Waals surface area contributed by atoms with Gasteiger partial charge in [0.25, 0.3) is 0 Å². The van der Waals surface area contributed by atoms with E-state index in [1.807, 2.05) is 6.07 Å². The van der Waals surface area contributed by atoms with Crippen LogP contribution in [0.5, 0.6) is 0 Å². The predicted octanol–water partition coefficient (Wildman–Crippen LogP) is 3.45. The molecule has 3 N–H and O–H groups in total. The summed E-state index contributed by atoms with van der Waals surface area (Å²) in [6.07, 6.45) is 3.08. The second kappa shape index (κ2) is 8.89. The molecule has 2 aliphatic rings. The Bertz CT molecular complexity index is 845. The first-order chi connectivity index (χ1) is 13.5. The SMILES string of the molecule is CS.N[C@H]1CON(C(=O)NC2CCc3cccc(-c4c(F)cccc4F)c32)C1. The van der Waals surface area contributed by atoms with Crippen LogP contribution in [0.3, 0.4) is 0 Å². The maximum atomic E-state index is 14.3. The highest BCUT2D eigenvalue weighted by Gasteiger charge is 2.32. The van der Waals surface area contributed by atoms with Crippen molar-refractivity contribution < 1.29 is 18.4 Å². The van der Waals surface area contributed by atoms with E-state index in [1.54, 1.807) is 18.4 Å². The number of carbonyl (C=O) groups is 1. The summed E-state index contributed by atoms with van der Waals surface area (Å²) in [7, 11) is 0. The van der Waals surface area contributed by atoms with E-state index in [-0.39, 0.29) is 23.7 Å². The summed E-state index contributed by atoms with van der Waals surface area (Å²) in [6.45, 7) is 0.607. The van der Waals surface area contributed by atoms with Crippen LogP contribution in [0.4, 0.5) is 13.6 Å². The summed E-state index contributed by atoms with van der Waals surface area (Å²) in [6, 6.07) is 8.27. The molecule has 1 fully saturated rings. The van der Waals surface area contributed by atoms with Gasteiger partial charge in [-0.05, 0) is 47.9 Å². The number of hydrogen-bond donors (Lipinski definition) is 3. The maximum absolute atomic E-state index is 14.3. The van der Waals surface area contributed by atoms with Crippen LogP contribution in [0.15, 0.2) is 36.4 Å². The molecule has 150 valence electrons. The first kappa shape index (κ1) is 20.6. The molecular formula is C20H23F2N3O2S. The molecule has 1 aliphatic carbocycles. The highest BCUT2D eigenvalue weighted by molar-refractivity contribution is 7.79. The average molecular weight is 407 g/mol. The minimum absolute atomic E-state index is 0.0649. The van der Waals surface area contributed by atoms with Crippen molar-refractivity contribution in [1.29, 1.82) is 0 Å². The second-order valence-electron chi connectivity index (χ2n) is 6.63. The summed E-state index contributed by atoms with van der Waals surface area (Å²) < 4.78 is 28.6. The lowest BCUT2D eigenvalue weighted by molar-refractivity contribution is -0.0672. The molecule has 5 nitrogen and oxygen atoms in total. The van der Waals surface area contributed by atoms with Gasteiger partial charge in [-0.3, -0.25) is 4.84 Å². The topological polar surface area (TPSA) is 67.6 Å². The molecule has 4 rings (SSSR count). The fourth-order valence-corrected chi connectivity index (χ4v) is 3.67. The Kier molecular flexibility index (Phi) is 6.53. The zero-order chi connectivity index (χ0) is 20.3. The lowest BCUT2D eigenvalue weighted by Crippen LogP contribution is -2.40. The largest absolute Gasteiger partial charge is 0.341 e. The minimum Gasteiger partial charge on any atom is -0.329 e. The molecular weight excluding hydrogens is 384 g/mol. The van der Waals surface area contributed by atoms with E-state index in [9.17, 15) is 13.6 Å². The van der Waals surface area contributed by atoms with Crippen molar-refractivity contribution >= 4 is 18.7 Å². The van der Waals surface area contributed by atoms with Crippen LogP contribution < -0.4 is 11.1 Å². The normalized spacial score (nSPS) is 20.4. The number of carbonyl (C=O) groups excluding carboxylic acids is 1. The van der Waals surface area contributed by atoms with Gasteiger partial charge in [-0.25, -0.2) is 18.6 Å². The van der Waals surface area contributed by atoms with Gasteiger partial charge in [-0.1, -0.05) is 24.3 Å². The van der Waals surface area contributed by atoms with Crippen LogP contribution >= 0.6 is 12.6 Å². The van der Waals surface area contributed by atoms with E-state index < -0.39 is 11.6 Å². The number of rotatable bonds is 2.